The van der Waals surface area contributed by atoms with Gasteiger partial charge in [-0.3, -0.25) is 0 Å². The summed E-state index contributed by atoms with van der Waals surface area (Å²) in [5.41, 5.74) is 5.33. The van der Waals surface area contributed by atoms with Crippen LogP contribution >= 0.6 is 0 Å². The van der Waals surface area contributed by atoms with Gasteiger partial charge in [0.05, 0.1) is 0 Å². The van der Waals surface area contributed by atoms with Gasteiger partial charge >= 0.3 is 0 Å². The fraction of sp³-hybridized carbons (Fsp3) is 0.160. The molecule has 0 bridgehead atoms. The van der Waals surface area contributed by atoms with Crippen LogP contribution in [-0.2, 0) is 4.74 Å². The highest BCUT2D eigenvalue weighted by molar-refractivity contribution is 6.02. The summed E-state index contributed by atoms with van der Waals surface area (Å²) in [5.74, 6) is 0.474. The standard InChI is InChI=1S/C25H26N2O2/c1-26(2)22-12-7-19(8-13-22)5-6-21-17-24(29-25(28)18-21)16-11-20-9-14-23(15-10-20)27(3)4/h5-18H,1-4H3/p+1. The fourth-order valence-electron chi connectivity index (χ4n) is 2.84. The summed E-state index contributed by atoms with van der Waals surface area (Å²) in [7, 11) is 8.07. The minimum absolute atomic E-state index is 0.113. The smallest absolute Gasteiger partial charge is 0.282 e. The maximum absolute atomic E-state index is 9.94. The average molecular weight is 388 g/mol. The number of nitrogens with zero attached hydrogens (tertiary/aromatic N) is 2. The molecule has 0 aromatic heterocycles. The van der Waals surface area contributed by atoms with E-state index < -0.39 is 0 Å². The van der Waals surface area contributed by atoms with Crippen LogP contribution in [0.4, 0.5) is 5.69 Å². The molecule has 1 N–H and O–H groups in total. The first kappa shape index (κ1) is 20.2. The Morgan fingerprint density at radius 3 is 2.21 bits per heavy atom. The van der Waals surface area contributed by atoms with E-state index in [2.05, 4.69) is 45.9 Å². The molecule has 0 spiro atoms. The second-order valence-electron chi connectivity index (χ2n) is 7.27. The molecule has 1 aromatic carbocycles. The Morgan fingerprint density at radius 2 is 1.59 bits per heavy atom. The highest BCUT2D eigenvalue weighted by Crippen LogP contribution is 2.21. The Morgan fingerprint density at radius 1 is 0.897 bits per heavy atom. The number of rotatable bonds is 4. The van der Waals surface area contributed by atoms with Crippen molar-refractivity contribution >= 4 is 17.5 Å². The zero-order valence-electron chi connectivity index (χ0n) is 17.3. The Balaban J connectivity index is 1.74. The van der Waals surface area contributed by atoms with Crippen LogP contribution in [0, 0.1) is 0 Å². The molecular formula is C25H27N2O2+. The van der Waals surface area contributed by atoms with E-state index in [1.807, 2.05) is 70.7 Å². The lowest BCUT2D eigenvalue weighted by molar-refractivity contribution is -0.462. The van der Waals surface area contributed by atoms with Crippen molar-refractivity contribution < 1.29 is 14.4 Å². The average Bonchev–Trinajstić information content (AvgIpc) is 2.71. The highest BCUT2D eigenvalue weighted by atomic mass is 16.6. The third-order valence-corrected chi connectivity index (χ3v) is 4.55. The van der Waals surface area contributed by atoms with Crippen LogP contribution < -0.4 is 4.90 Å². The van der Waals surface area contributed by atoms with E-state index in [1.54, 1.807) is 6.08 Å². The third-order valence-electron chi connectivity index (χ3n) is 4.55. The second-order valence-corrected chi connectivity index (χ2v) is 7.27. The first-order chi connectivity index (χ1) is 13.9. The minimum Gasteiger partial charge on any atom is -0.481 e. The van der Waals surface area contributed by atoms with Gasteiger partial charge in [0, 0.05) is 38.0 Å². The van der Waals surface area contributed by atoms with E-state index in [9.17, 15) is 5.11 Å². The van der Waals surface area contributed by atoms with E-state index in [0.717, 1.165) is 28.1 Å². The molecule has 0 radical (unpaired) electrons. The Bertz CT molecular complexity index is 989. The van der Waals surface area contributed by atoms with Crippen molar-refractivity contribution in [3.05, 3.63) is 107 Å². The molecule has 0 saturated carbocycles. The zero-order chi connectivity index (χ0) is 20.8. The molecule has 0 unspecified atom stereocenters. The molecule has 2 aliphatic rings. The van der Waals surface area contributed by atoms with Gasteiger partial charge in [0.15, 0.2) is 5.71 Å². The summed E-state index contributed by atoms with van der Waals surface area (Å²) >= 11 is 0. The van der Waals surface area contributed by atoms with Gasteiger partial charge in [0.1, 0.15) is 19.9 Å². The third kappa shape index (κ3) is 5.72. The Hall–Kier alpha value is -3.53. The van der Waals surface area contributed by atoms with Crippen LogP contribution in [0.1, 0.15) is 5.56 Å². The van der Waals surface area contributed by atoms with Gasteiger partial charge in [0.2, 0.25) is 0 Å². The van der Waals surface area contributed by atoms with E-state index in [1.165, 1.54) is 0 Å². The van der Waals surface area contributed by atoms with Gasteiger partial charge in [-0.25, -0.2) is 4.58 Å². The molecule has 0 atom stereocenters. The van der Waals surface area contributed by atoms with E-state index in [-0.39, 0.29) is 5.95 Å². The number of allylic oxidation sites excluding steroid dienone is 11. The predicted octanol–water partition coefficient (Wildman–Crippen LogP) is 4.77. The van der Waals surface area contributed by atoms with E-state index >= 15 is 0 Å². The Labute approximate surface area is 172 Å². The SMILES string of the molecule is CN(C)c1ccc(C=CC2=C/C(=C\C=C3C=CC(=[N+](C)C)C=C3)OC(O)=C2)cc1. The second kappa shape index (κ2) is 9.11. The lowest BCUT2D eigenvalue weighted by Crippen LogP contribution is -2.09. The zero-order valence-corrected chi connectivity index (χ0v) is 17.3. The van der Waals surface area contributed by atoms with Crippen LogP contribution in [-0.4, -0.2) is 43.6 Å². The van der Waals surface area contributed by atoms with Crippen molar-refractivity contribution in [2.75, 3.05) is 33.1 Å². The first-order valence-corrected chi connectivity index (χ1v) is 9.49. The maximum atomic E-state index is 9.94. The Kier molecular flexibility index (Phi) is 6.35. The highest BCUT2D eigenvalue weighted by Gasteiger charge is 2.08. The number of benzene rings is 1. The molecule has 1 aliphatic carbocycles. The lowest BCUT2D eigenvalue weighted by atomic mass is 10.1. The normalized spacial score (nSPS) is 17.3. The van der Waals surface area contributed by atoms with Gasteiger partial charge in [0.25, 0.3) is 5.95 Å². The molecule has 29 heavy (non-hydrogen) atoms. The van der Waals surface area contributed by atoms with Gasteiger partial charge in [-0.2, -0.15) is 0 Å². The molecule has 4 heteroatoms. The summed E-state index contributed by atoms with van der Waals surface area (Å²) in [6.45, 7) is 0. The van der Waals surface area contributed by atoms with Gasteiger partial charge in [-0.05, 0) is 53.1 Å². The largest absolute Gasteiger partial charge is 0.481 e. The fourth-order valence-corrected chi connectivity index (χ4v) is 2.84. The molecule has 0 saturated heterocycles. The van der Waals surface area contributed by atoms with Crippen LogP contribution in [0.5, 0.6) is 0 Å². The molecule has 148 valence electrons. The number of hydrogen-bond acceptors (Lipinski definition) is 3. The number of ether oxygens (including phenoxy) is 1. The monoisotopic (exact) mass is 387 g/mol. The number of anilines is 1. The molecule has 1 aliphatic heterocycles. The molecule has 4 nitrogen and oxygen atoms in total. The summed E-state index contributed by atoms with van der Waals surface area (Å²) in [6.07, 6.45) is 19.5. The van der Waals surface area contributed by atoms with Crippen molar-refractivity contribution in [1.82, 2.24) is 0 Å². The topological polar surface area (TPSA) is 35.7 Å². The molecule has 1 heterocycles. The van der Waals surface area contributed by atoms with Gasteiger partial charge < -0.3 is 14.7 Å². The van der Waals surface area contributed by atoms with Crippen LogP contribution in [0.25, 0.3) is 6.08 Å². The van der Waals surface area contributed by atoms with Crippen molar-refractivity contribution in [3.8, 4) is 0 Å². The number of aliphatic hydroxyl groups excluding tert-OH is 1. The van der Waals surface area contributed by atoms with Crippen molar-refractivity contribution in [1.29, 1.82) is 0 Å². The maximum Gasteiger partial charge on any atom is 0.282 e. The number of hydrogen-bond donors (Lipinski definition) is 1. The van der Waals surface area contributed by atoms with Crippen LogP contribution in [0.2, 0.25) is 0 Å². The predicted molar refractivity (Wildman–Crippen MR) is 121 cm³/mol. The van der Waals surface area contributed by atoms with E-state index in [0.29, 0.717) is 5.76 Å². The summed E-state index contributed by atoms with van der Waals surface area (Å²) < 4.78 is 7.48. The molecule has 0 fully saturated rings. The van der Waals surface area contributed by atoms with E-state index in [4.69, 9.17) is 4.74 Å². The first-order valence-electron chi connectivity index (χ1n) is 9.49. The minimum atomic E-state index is -0.113. The summed E-state index contributed by atoms with van der Waals surface area (Å²) in [5, 5.41) is 9.94. The quantitative estimate of drug-likeness (QED) is 0.756. The molecular weight excluding hydrogens is 360 g/mol. The molecule has 0 amide bonds. The molecule has 3 rings (SSSR count). The van der Waals surface area contributed by atoms with Gasteiger partial charge in [-0.15, -0.1) is 0 Å². The number of aliphatic hydroxyl groups is 1. The van der Waals surface area contributed by atoms with Crippen LogP contribution in [0.3, 0.4) is 0 Å². The van der Waals surface area contributed by atoms with Crippen molar-refractivity contribution in [2.45, 2.75) is 0 Å². The van der Waals surface area contributed by atoms with Crippen molar-refractivity contribution in [2.24, 2.45) is 0 Å². The van der Waals surface area contributed by atoms with Crippen LogP contribution in [0.15, 0.2) is 102 Å². The summed E-state index contributed by atoms with van der Waals surface area (Å²) in [6, 6.07) is 8.29. The van der Waals surface area contributed by atoms with Gasteiger partial charge in [-0.1, -0.05) is 30.4 Å². The van der Waals surface area contributed by atoms with Crippen molar-refractivity contribution in [3.63, 3.8) is 0 Å². The molecule has 1 aromatic rings. The summed E-state index contributed by atoms with van der Waals surface area (Å²) in [4.78, 5) is 2.07. The lowest BCUT2D eigenvalue weighted by Gasteiger charge is -2.12.